The van der Waals surface area contributed by atoms with Crippen LogP contribution in [0, 0.1) is 11.7 Å². The molecule has 2 aliphatic heterocycles. The number of amides is 1. The van der Waals surface area contributed by atoms with Crippen LogP contribution in [0.15, 0.2) is 24.3 Å². The molecule has 0 bridgehead atoms. The van der Waals surface area contributed by atoms with E-state index in [-0.39, 0.29) is 17.8 Å². The predicted octanol–water partition coefficient (Wildman–Crippen LogP) is 1.15. The van der Waals surface area contributed by atoms with Crippen LogP contribution < -0.4 is 15.5 Å². The molecule has 5 nitrogen and oxygen atoms in total. The second-order valence-corrected chi connectivity index (χ2v) is 6.23. The average Bonchev–Trinajstić information content (AvgIpc) is 2.61. The van der Waals surface area contributed by atoms with Gasteiger partial charge < -0.3 is 20.3 Å². The molecule has 2 heterocycles. The molecule has 1 aromatic rings. The highest BCUT2D eigenvalue weighted by molar-refractivity contribution is 5.82. The third kappa shape index (κ3) is 4.42. The second kappa shape index (κ2) is 7.75. The minimum absolute atomic E-state index is 0.0447. The van der Waals surface area contributed by atoms with Gasteiger partial charge in [-0.1, -0.05) is 0 Å². The number of halogens is 1. The molecular weight excluding hydrogens is 297 g/mol. The lowest BCUT2D eigenvalue weighted by Crippen LogP contribution is -2.57. The van der Waals surface area contributed by atoms with E-state index in [9.17, 15) is 9.18 Å². The maximum Gasteiger partial charge on any atom is 0.238 e. The monoisotopic (exact) mass is 321 g/mol. The number of rotatable bonds is 4. The lowest BCUT2D eigenvalue weighted by atomic mass is 10.0. The summed E-state index contributed by atoms with van der Waals surface area (Å²) in [6.45, 7) is 4.46. The Morgan fingerprint density at radius 3 is 2.78 bits per heavy atom. The highest BCUT2D eigenvalue weighted by Crippen LogP contribution is 2.17. The Balaban J connectivity index is 1.51. The molecule has 0 aliphatic carbocycles. The van der Waals surface area contributed by atoms with Gasteiger partial charge in [-0.05, 0) is 43.0 Å². The maximum atomic E-state index is 13.0. The Morgan fingerprint density at radius 1 is 1.30 bits per heavy atom. The van der Waals surface area contributed by atoms with Crippen molar-refractivity contribution in [3.63, 3.8) is 0 Å². The number of nitrogens with one attached hydrogen (secondary N) is 2. The van der Waals surface area contributed by atoms with Crippen molar-refractivity contribution in [2.24, 2.45) is 5.92 Å². The standard InChI is InChI=1S/C17H24FN3O2/c18-14-1-3-15(4-2-14)21-8-7-19-16(12-21)17(22)20-11-13-5-9-23-10-6-13/h1-4,13,16,19H,5-12H2,(H,20,22)/t16-/m0/s1. The molecule has 2 N–H and O–H groups in total. The summed E-state index contributed by atoms with van der Waals surface area (Å²) in [6, 6.07) is 6.21. The zero-order valence-electron chi connectivity index (χ0n) is 13.3. The fourth-order valence-electron chi connectivity index (χ4n) is 3.13. The van der Waals surface area contributed by atoms with Gasteiger partial charge in [0.2, 0.25) is 5.91 Å². The van der Waals surface area contributed by atoms with Crippen LogP contribution in [-0.2, 0) is 9.53 Å². The quantitative estimate of drug-likeness (QED) is 0.873. The Hall–Kier alpha value is -1.66. The summed E-state index contributed by atoms with van der Waals surface area (Å²) < 4.78 is 18.4. The lowest BCUT2D eigenvalue weighted by Gasteiger charge is -2.35. The van der Waals surface area contributed by atoms with E-state index in [2.05, 4.69) is 15.5 Å². The fourth-order valence-corrected chi connectivity index (χ4v) is 3.13. The van der Waals surface area contributed by atoms with Gasteiger partial charge >= 0.3 is 0 Å². The number of anilines is 1. The summed E-state index contributed by atoms with van der Waals surface area (Å²) in [5.41, 5.74) is 0.954. The van der Waals surface area contributed by atoms with Crippen molar-refractivity contribution in [2.75, 3.05) is 44.3 Å². The second-order valence-electron chi connectivity index (χ2n) is 6.23. The molecule has 2 aliphatic rings. The first-order valence-electron chi connectivity index (χ1n) is 8.32. The van der Waals surface area contributed by atoms with Crippen LogP contribution in [0.25, 0.3) is 0 Å². The van der Waals surface area contributed by atoms with Gasteiger partial charge in [-0.3, -0.25) is 4.79 Å². The van der Waals surface area contributed by atoms with Gasteiger partial charge in [0.15, 0.2) is 0 Å². The summed E-state index contributed by atoms with van der Waals surface area (Å²) in [7, 11) is 0. The van der Waals surface area contributed by atoms with E-state index in [0.29, 0.717) is 12.5 Å². The van der Waals surface area contributed by atoms with Crippen molar-refractivity contribution in [2.45, 2.75) is 18.9 Å². The number of hydrogen-bond donors (Lipinski definition) is 2. The van der Waals surface area contributed by atoms with Crippen LogP contribution in [0.2, 0.25) is 0 Å². The van der Waals surface area contributed by atoms with E-state index >= 15 is 0 Å². The highest BCUT2D eigenvalue weighted by atomic mass is 19.1. The van der Waals surface area contributed by atoms with E-state index in [4.69, 9.17) is 4.74 Å². The molecule has 1 amide bonds. The van der Waals surface area contributed by atoms with Crippen molar-refractivity contribution in [1.82, 2.24) is 10.6 Å². The van der Waals surface area contributed by atoms with Crippen LogP contribution >= 0.6 is 0 Å². The highest BCUT2D eigenvalue weighted by Gasteiger charge is 2.26. The summed E-state index contributed by atoms with van der Waals surface area (Å²) >= 11 is 0. The fraction of sp³-hybridized carbons (Fsp3) is 0.588. The van der Waals surface area contributed by atoms with E-state index < -0.39 is 0 Å². The molecule has 3 rings (SSSR count). The lowest BCUT2D eigenvalue weighted by molar-refractivity contribution is -0.123. The van der Waals surface area contributed by atoms with Gasteiger partial charge in [-0.25, -0.2) is 4.39 Å². The Bertz CT molecular complexity index is 517. The molecule has 0 saturated carbocycles. The Morgan fingerprint density at radius 2 is 2.04 bits per heavy atom. The zero-order valence-corrected chi connectivity index (χ0v) is 13.3. The summed E-state index contributed by atoms with van der Waals surface area (Å²) in [6.07, 6.45) is 2.03. The molecule has 0 unspecified atom stereocenters. The smallest absolute Gasteiger partial charge is 0.238 e. The molecule has 0 aromatic heterocycles. The van der Waals surface area contributed by atoms with Crippen molar-refractivity contribution < 1.29 is 13.9 Å². The first-order valence-corrected chi connectivity index (χ1v) is 8.32. The minimum Gasteiger partial charge on any atom is -0.381 e. The average molecular weight is 321 g/mol. The molecule has 0 radical (unpaired) electrons. The number of carbonyl (C=O) groups is 1. The van der Waals surface area contributed by atoms with E-state index in [0.717, 1.165) is 51.4 Å². The number of benzene rings is 1. The molecule has 2 saturated heterocycles. The predicted molar refractivity (Wildman–Crippen MR) is 87.0 cm³/mol. The van der Waals surface area contributed by atoms with Crippen LogP contribution in [0.1, 0.15) is 12.8 Å². The third-order valence-electron chi connectivity index (χ3n) is 4.59. The third-order valence-corrected chi connectivity index (χ3v) is 4.59. The van der Waals surface area contributed by atoms with Gasteiger partial charge in [0.1, 0.15) is 11.9 Å². The van der Waals surface area contributed by atoms with Crippen LogP contribution in [0.3, 0.4) is 0 Å². The largest absolute Gasteiger partial charge is 0.381 e. The Kier molecular flexibility index (Phi) is 5.46. The zero-order chi connectivity index (χ0) is 16.1. The van der Waals surface area contributed by atoms with E-state index in [1.165, 1.54) is 12.1 Å². The van der Waals surface area contributed by atoms with Crippen LogP contribution in [0.4, 0.5) is 10.1 Å². The van der Waals surface area contributed by atoms with Gasteiger partial charge in [0, 0.05) is 45.1 Å². The first kappa shape index (κ1) is 16.2. The normalized spacial score (nSPS) is 22.8. The number of ether oxygens (including phenoxy) is 1. The number of nitrogens with zero attached hydrogens (tertiary/aromatic N) is 1. The first-order chi connectivity index (χ1) is 11.2. The maximum absolute atomic E-state index is 13.0. The molecule has 0 spiro atoms. The molecule has 1 aromatic carbocycles. The van der Waals surface area contributed by atoms with Gasteiger partial charge in [0.25, 0.3) is 0 Å². The van der Waals surface area contributed by atoms with E-state index in [1.807, 2.05) is 0 Å². The van der Waals surface area contributed by atoms with Crippen LogP contribution in [0.5, 0.6) is 0 Å². The molecule has 2 fully saturated rings. The number of hydrogen-bond acceptors (Lipinski definition) is 4. The van der Waals surface area contributed by atoms with Crippen molar-refractivity contribution >= 4 is 11.6 Å². The van der Waals surface area contributed by atoms with Crippen molar-refractivity contribution in [1.29, 1.82) is 0 Å². The van der Waals surface area contributed by atoms with Crippen molar-refractivity contribution in [3.05, 3.63) is 30.1 Å². The minimum atomic E-state index is -0.241. The molecule has 6 heteroatoms. The number of piperazine rings is 1. The molecule has 23 heavy (non-hydrogen) atoms. The summed E-state index contributed by atoms with van der Waals surface area (Å²) in [4.78, 5) is 14.5. The number of carbonyl (C=O) groups excluding carboxylic acids is 1. The molecular formula is C17H24FN3O2. The Labute approximate surface area is 136 Å². The molecule has 1 atom stereocenters. The molecule has 126 valence electrons. The van der Waals surface area contributed by atoms with Gasteiger partial charge in [0.05, 0.1) is 0 Å². The van der Waals surface area contributed by atoms with Gasteiger partial charge in [-0.15, -0.1) is 0 Å². The topological polar surface area (TPSA) is 53.6 Å². The summed E-state index contributed by atoms with van der Waals surface area (Å²) in [5.74, 6) is 0.322. The van der Waals surface area contributed by atoms with E-state index in [1.54, 1.807) is 12.1 Å². The van der Waals surface area contributed by atoms with Crippen LogP contribution in [-0.4, -0.2) is 51.3 Å². The SMILES string of the molecule is O=C(NCC1CCOCC1)[C@@H]1CN(c2ccc(F)cc2)CCN1. The summed E-state index contributed by atoms with van der Waals surface area (Å²) in [5, 5.41) is 6.32. The van der Waals surface area contributed by atoms with Crippen molar-refractivity contribution in [3.8, 4) is 0 Å². The van der Waals surface area contributed by atoms with Gasteiger partial charge in [-0.2, -0.15) is 0 Å².